The number of amides is 2. The highest BCUT2D eigenvalue weighted by Gasteiger charge is 2.19. The van der Waals surface area contributed by atoms with Gasteiger partial charge in [0.2, 0.25) is 11.8 Å². The summed E-state index contributed by atoms with van der Waals surface area (Å²) in [7, 11) is -2.32. The predicted molar refractivity (Wildman–Crippen MR) is 105 cm³/mol. The summed E-state index contributed by atoms with van der Waals surface area (Å²) in [6, 6.07) is 12.7. The second-order valence-electron chi connectivity index (χ2n) is 5.99. The number of anilines is 2. The van der Waals surface area contributed by atoms with Crippen LogP contribution in [0.15, 0.2) is 42.5 Å². The molecule has 0 aliphatic heterocycles. The van der Waals surface area contributed by atoms with Crippen molar-refractivity contribution in [2.24, 2.45) is 0 Å². The Kier molecular flexibility index (Phi) is 6.74. The number of benzene rings is 2. The molecule has 9 heteroatoms. The molecule has 0 spiro atoms. The van der Waals surface area contributed by atoms with Crippen LogP contribution in [0.2, 0.25) is 0 Å². The maximum atomic E-state index is 12.3. The highest BCUT2D eigenvalue weighted by atomic mass is 32.2. The van der Waals surface area contributed by atoms with Crippen molar-refractivity contribution in [3.05, 3.63) is 53.6 Å². The van der Waals surface area contributed by atoms with Gasteiger partial charge in [-0.05, 0) is 35.9 Å². The standard InChI is InChI=1S/C19H19N3O5S/c1-13(23)21-16-7-8-18(27-2)17(9-16)22-19(24)12-28(25,26)11-15-5-3-14(10-20)4-6-15/h3-9H,11-12H2,1-2H3,(H,21,23)(H,22,24). The molecular weight excluding hydrogens is 382 g/mol. The summed E-state index contributed by atoms with van der Waals surface area (Å²) in [6.07, 6.45) is 0. The third-order valence-electron chi connectivity index (χ3n) is 3.61. The number of ether oxygens (including phenoxy) is 1. The molecule has 0 heterocycles. The van der Waals surface area contributed by atoms with Gasteiger partial charge in [0, 0.05) is 12.6 Å². The van der Waals surface area contributed by atoms with Crippen LogP contribution in [0.3, 0.4) is 0 Å². The van der Waals surface area contributed by atoms with E-state index in [1.807, 2.05) is 6.07 Å². The Morgan fingerprint density at radius 2 is 1.79 bits per heavy atom. The molecule has 0 saturated heterocycles. The number of hydrogen-bond acceptors (Lipinski definition) is 6. The number of sulfone groups is 1. The molecule has 0 unspecified atom stereocenters. The second-order valence-corrected chi connectivity index (χ2v) is 8.05. The molecule has 0 fully saturated rings. The van der Waals surface area contributed by atoms with E-state index in [0.717, 1.165) is 0 Å². The van der Waals surface area contributed by atoms with Gasteiger partial charge >= 0.3 is 0 Å². The van der Waals surface area contributed by atoms with E-state index in [2.05, 4.69) is 10.6 Å². The van der Waals surface area contributed by atoms with Crippen LogP contribution < -0.4 is 15.4 Å². The summed E-state index contributed by atoms with van der Waals surface area (Å²) < 4.78 is 29.8. The lowest BCUT2D eigenvalue weighted by Gasteiger charge is -2.12. The number of nitrogens with zero attached hydrogens (tertiary/aromatic N) is 1. The van der Waals surface area contributed by atoms with E-state index < -0.39 is 21.5 Å². The van der Waals surface area contributed by atoms with Gasteiger partial charge in [0.25, 0.3) is 0 Å². The molecular formula is C19H19N3O5S. The number of rotatable bonds is 7. The van der Waals surface area contributed by atoms with Crippen LogP contribution in [0.5, 0.6) is 5.75 Å². The Labute approximate surface area is 163 Å². The van der Waals surface area contributed by atoms with E-state index in [4.69, 9.17) is 10.00 Å². The minimum absolute atomic E-state index is 0.243. The van der Waals surface area contributed by atoms with Gasteiger partial charge < -0.3 is 15.4 Å². The van der Waals surface area contributed by atoms with Gasteiger partial charge in [0.05, 0.1) is 30.2 Å². The highest BCUT2D eigenvalue weighted by molar-refractivity contribution is 7.91. The van der Waals surface area contributed by atoms with E-state index in [-0.39, 0.29) is 17.3 Å². The molecule has 0 aliphatic carbocycles. The van der Waals surface area contributed by atoms with Crippen molar-refractivity contribution in [3.63, 3.8) is 0 Å². The molecule has 0 atom stereocenters. The number of carbonyl (C=O) groups excluding carboxylic acids is 2. The lowest BCUT2D eigenvalue weighted by molar-refractivity contribution is -0.114. The molecule has 2 aromatic rings. The first kappa shape index (κ1) is 20.9. The zero-order valence-electron chi connectivity index (χ0n) is 15.4. The molecule has 2 rings (SSSR count). The Balaban J connectivity index is 2.09. The number of carbonyl (C=O) groups is 2. The molecule has 2 aromatic carbocycles. The minimum Gasteiger partial charge on any atom is -0.495 e. The summed E-state index contributed by atoms with van der Waals surface area (Å²) in [5.74, 6) is -1.73. The third-order valence-corrected chi connectivity index (χ3v) is 5.09. The van der Waals surface area contributed by atoms with Crippen LogP contribution in [0.25, 0.3) is 0 Å². The Morgan fingerprint density at radius 1 is 1.11 bits per heavy atom. The van der Waals surface area contributed by atoms with E-state index in [1.165, 1.54) is 44.4 Å². The summed E-state index contributed by atoms with van der Waals surface area (Å²) in [6.45, 7) is 1.35. The SMILES string of the molecule is COc1ccc(NC(C)=O)cc1NC(=O)CS(=O)(=O)Cc1ccc(C#N)cc1. The van der Waals surface area contributed by atoms with Gasteiger partial charge in [-0.3, -0.25) is 9.59 Å². The van der Waals surface area contributed by atoms with Crippen molar-refractivity contribution in [3.8, 4) is 11.8 Å². The summed E-state index contributed by atoms with van der Waals surface area (Å²) >= 11 is 0. The van der Waals surface area contributed by atoms with E-state index in [1.54, 1.807) is 12.1 Å². The maximum Gasteiger partial charge on any atom is 0.239 e. The fourth-order valence-corrected chi connectivity index (χ4v) is 3.73. The highest BCUT2D eigenvalue weighted by Crippen LogP contribution is 2.28. The fourth-order valence-electron chi connectivity index (χ4n) is 2.45. The van der Waals surface area contributed by atoms with E-state index in [9.17, 15) is 18.0 Å². The van der Waals surface area contributed by atoms with Crippen molar-refractivity contribution < 1.29 is 22.7 Å². The number of hydrogen-bond donors (Lipinski definition) is 2. The molecule has 0 radical (unpaired) electrons. The molecule has 146 valence electrons. The van der Waals surface area contributed by atoms with Crippen molar-refractivity contribution in [1.29, 1.82) is 5.26 Å². The molecule has 0 saturated carbocycles. The molecule has 8 nitrogen and oxygen atoms in total. The topological polar surface area (TPSA) is 125 Å². The zero-order valence-corrected chi connectivity index (χ0v) is 16.2. The summed E-state index contributed by atoms with van der Waals surface area (Å²) in [5.41, 5.74) is 1.58. The zero-order chi connectivity index (χ0) is 20.7. The summed E-state index contributed by atoms with van der Waals surface area (Å²) in [4.78, 5) is 23.4. The molecule has 2 amide bonds. The van der Waals surface area contributed by atoms with Gasteiger partial charge in [-0.1, -0.05) is 12.1 Å². The minimum atomic E-state index is -3.73. The smallest absolute Gasteiger partial charge is 0.239 e. The van der Waals surface area contributed by atoms with Crippen LogP contribution >= 0.6 is 0 Å². The largest absolute Gasteiger partial charge is 0.495 e. The van der Waals surface area contributed by atoms with Gasteiger partial charge in [-0.2, -0.15) is 5.26 Å². The van der Waals surface area contributed by atoms with Crippen molar-refractivity contribution in [2.45, 2.75) is 12.7 Å². The van der Waals surface area contributed by atoms with Crippen LogP contribution in [0, 0.1) is 11.3 Å². The van der Waals surface area contributed by atoms with Crippen LogP contribution in [0.1, 0.15) is 18.1 Å². The second kappa shape index (κ2) is 9.01. The first-order valence-corrected chi connectivity index (χ1v) is 9.99. The van der Waals surface area contributed by atoms with Crippen LogP contribution in [0.4, 0.5) is 11.4 Å². The molecule has 0 aromatic heterocycles. The quantitative estimate of drug-likeness (QED) is 0.732. The van der Waals surface area contributed by atoms with Gasteiger partial charge in [0.15, 0.2) is 9.84 Å². The Hall–Kier alpha value is -3.38. The first-order valence-electron chi connectivity index (χ1n) is 8.17. The van der Waals surface area contributed by atoms with Crippen molar-refractivity contribution in [1.82, 2.24) is 0 Å². The predicted octanol–water partition coefficient (Wildman–Crippen LogP) is 2.08. The Bertz CT molecular complexity index is 1020. The molecule has 0 bridgehead atoms. The van der Waals surface area contributed by atoms with Gasteiger partial charge in [-0.15, -0.1) is 0 Å². The number of nitriles is 1. The Morgan fingerprint density at radius 3 is 2.36 bits per heavy atom. The third kappa shape index (κ3) is 6.10. The van der Waals surface area contributed by atoms with Gasteiger partial charge in [-0.25, -0.2) is 8.42 Å². The lowest BCUT2D eigenvalue weighted by Crippen LogP contribution is -2.24. The molecule has 28 heavy (non-hydrogen) atoms. The van der Waals surface area contributed by atoms with Crippen LogP contribution in [-0.2, 0) is 25.2 Å². The monoisotopic (exact) mass is 401 g/mol. The maximum absolute atomic E-state index is 12.3. The first-order chi connectivity index (χ1) is 13.2. The fraction of sp³-hybridized carbons (Fsp3) is 0.211. The number of nitrogens with one attached hydrogen (secondary N) is 2. The lowest BCUT2D eigenvalue weighted by atomic mass is 10.2. The average Bonchev–Trinajstić information content (AvgIpc) is 2.61. The van der Waals surface area contributed by atoms with Crippen molar-refractivity contribution >= 4 is 33.0 Å². The van der Waals surface area contributed by atoms with E-state index in [0.29, 0.717) is 22.6 Å². The average molecular weight is 401 g/mol. The normalized spacial score (nSPS) is 10.6. The molecule has 0 aliphatic rings. The number of methoxy groups -OCH3 is 1. The van der Waals surface area contributed by atoms with Crippen molar-refractivity contribution in [2.75, 3.05) is 23.5 Å². The molecule has 2 N–H and O–H groups in total. The van der Waals surface area contributed by atoms with Crippen LogP contribution in [-0.4, -0.2) is 33.1 Å². The summed E-state index contributed by atoms with van der Waals surface area (Å²) in [5, 5.41) is 13.8. The van der Waals surface area contributed by atoms with Gasteiger partial charge in [0.1, 0.15) is 11.5 Å². The van der Waals surface area contributed by atoms with E-state index >= 15 is 0 Å².